The average molecular weight is 269 g/mol. The van der Waals surface area contributed by atoms with Gasteiger partial charge < -0.3 is 15.4 Å². The van der Waals surface area contributed by atoms with E-state index in [1.165, 1.54) is 26.2 Å². The van der Waals surface area contributed by atoms with Crippen LogP contribution in [0.15, 0.2) is 18.2 Å². The minimum atomic E-state index is -0.568. The fourth-order valence-electron chi connectivity index (χ4n) is 1.21. The normalized spacial score (nSPS) is 9.44. The molecule has 1 aromatic carbocycles. The molecule has 2 N–H and O–H groups in total. The summed E-state index contributed by atoms with van der Waals surface area (Å²) in [7, 11) is 1.41. The predicted octanol–water partition coefficient (Wildman–Crippen LogP) is 1.44. The molecule has 18 heavy (non-hydrogen) atoms. The summed E-state index contributed by atoms with van der Waals surface area (Å²) in [5.74, 6) is 0.00126. The SMILES string of the molecule is COc1ccc(NC(=S)NC(C)=O)c([N+](=O)[O-])c1. The summed E-state index contributed by atoms with van der Waals surface area (Å²) in [5, 5.41) is 15.8. The Kier molecular flexibility index (Phi) is 4.55. The first-order valence-electron chi connectivity index (χ1n) is 4.85. The fourth-order valence-corrected chi connectivity index (χ4v) is 1.46. The van der Waals surface area contributed by atoms with Gasteiger partial charge in [0.15, 0.2) is 5.11 Å². The monoisotopic (exact) mass is 269 g/mol. The highest BCUT2D eigenvalue weighted by molar-refractivity contribution is 7.80. The maximum absolute atomic E-state index is 10.9. The van der Waals surface area contributed by atoms with Crippen LogP contribution in [0.1, 0.15) is 6.92 Å². The van der Waals surface area contributed by atoms with E-state index in [1.54, 1.807) is 6.07 Å². The molecule has 0 heterocycles. The average Bonchev–Trinajstić information content (AvgIpc) is 2.28. The van der Waals surface area contributed by atoms with E-state index in [0.29, 0.717) is 5.75 Å². The Morgan fingerprint density at radius 2 is 2.17 bits per heavy atom. The van der Waals surface area contributed by atoms with Gasteiger partial charge in [-0.15, -0.1) is 0 Å². The maximum Gasteiger partial charge on any atom is 0.296 e. The smallest absolute Gasteiger partial charge is 0.296 e. The van der Waals surface area contributed by atoms with E-state index in [2.05, 4.69) is 10.6 Å². The van der Waals surface area contributed by atoms with Crippen LogP contribution in [-0.4, -0.2) is 23.1 Å². The van der Waals surface area contributed by atoms with Gasteiger partial charge in [0.05, 0.1) is 18.1 Å². The van der Waals surface area contributed by atoms with Gasteiger partial charge in [-0.3, -0.25) is 14.9 Å². The van der Waals surface area contributed by atoms with Gasteiger partial charge in [0.25, 0.3) is 5.69 Å². The second-order valence-corrected chi connectivity index (χ2v) is 3.68. The minimum absolute atomic E-state index is 0.00392. The lowest BCUT2D eigenvalue weighted by Crippen LogP contribution is -2.32. The van der Waals surface area contributed by atoms with E-state index in [4.69, 9.17) is 17.0 Å². The number of hydrogen-bond donors (Lipinski definition) is 2. The zero-order valence-corrected chi connectivity index (χ0v) is 10.5. The molecule has 8 heteroatoms. The van der Waals surface area contributed by atoms with E-state index in [0.717, 1.165) is 0 Å². The molecule has 1 aromatic rings. The highest BCUT2D eigenvalue weighted by Gasteiger charge is 2.16. The Labute approximate surface area is 108 Å². The number of nitro groups is 1. The fraction of sp³-hybridized carbons (Fsp3) is 0.200. The topological polar surface area (TPSA) is 93.5 Å². The molecule has 0 aliphatic carbocycles. The number of benzene rings is 1. The van der Waals surface area contributed by atoms with Crippen LogP contribution in [-0.2, 0) is 4.79 Å². The van der Waals surface area contributed by atoms with Crippen molar-refractivity contribution in [3.05, 3.63) is 28.3 Å². The van der Waals surface area contributed by atoms with Gasteiger partial charge in [-0.25, -0.2) is 0 Å². The summed E-state index contributed by atoms with van der Waals surface area (Å²) >= 11 is 4.82. The Morgan fingerprint density at radius 3 is 2.67 bits per heavy atom. The van der Waals surface area contributed by atoms with Crippen molar-refractivity contribution in [1.29, 1.82) is 0 Å². The van der Waals surface area contributed by atoms with Crippen molar-refractivity contribution < 1.29 is 14.5 Å². The third-order valence-electron chi connectivity index (χ3n) is 1.94. The van der Waals surface area contributed by atoms with Crippen molar-refractivity contribution in [3.8, 4) is 5.75 Å². The first-order valence-corrected chi connectivity index (χ1v) is 5.26. The molecule has 1 amide bonds. The number of nitrogens with one attached hydrogen (secondary N) is 2. The standard InChI is InChI=1S/C10H11N3O4S/c1-6(14)11-10(18)12-8-4-3-7(17-2)5-9(8)13(15)16/h3-5H,1-2H3,(H2,11,12,14,18). The van der Waals surface area contributed by atoms with Crippen LogP contribution in [0.2, 0.25) is 0 Å². The summed E-state index contributed by atoms with van der Waals surface area (Å²) in [6.07, 6.45) is 0. The molecule has 0 saturated carbocycles. The van der Waals surface area contributed by atoms with Crippen molar-refractivity contribution in [2.45, 2.75) is 6.92 Å². The number of carbonyl (C=O) groups excluding carboxylic acids is 1. The molecule has 0 spiro atoms. The molecule has 0 fully saturated rings. The molecule has 0 unspecified atom stereocenters. The quantitative estimate of drug-likeness (QED) is 0.490. The Bertz CT molecular complexity index is 504. The predicted molar refractivity (Wildman–Crippen MR) is 69.7 cm³/mol. The van der Waals surface area contributed by atoms with Gasteiger partial charge in [-0.05, 0) is 24.4 Å². The molecule has 0 atom stereocenters. The number of nitro benzene ring substituents is 1. The molecule has 0 aliphatic rings. The Morgan fingerprint density at radius 1 is 1.50 bits per heavy atom. The maximum atomic E-state index is 10.9. The first kappa shape index (κ1) is 13.8. The lowest BCUT2D eigenvalue weighted by atomic mass is 10.2. The molecule has 1 rings (SSSR count). The van der Waals surface area contributed by atoms with E-state index >= 15 is 0 Å². The van der Waals surface area contributed by atoms with Crippen LogP contribution >= 0.6 is 12.2 Å². The third kappa shape index (κ3) is 3.67. The Hall–Kier alpha value is -2.22. The molecule has 0 saturated heterocycles. The second kappa shape index (κ2) is 5.92. The molecular formula is C10H11N3O4S. The summed E-state index contributed by atoms with van der Waals surface area (Å²) in [6, 6.07) is 4.26. The number of ether oxygens (including phenoxy) is 1. The summed E-state index contributed by atoms with van der Waals surface area (Å²) in [5.41, 5.74) is -0.0124. The number of methoxy groups -OCH3 is 1. The van der Waals surface area contributed by atoms with Gasteiger partial charge in [0.1, 0.15) is 11.4 Å². The number of amides is 1. The van der Waals surface area contributed by atoms with Gasteiger partial charge in [-0.1, -0.05) is 0 Å². The lowest BCUT2D eigenvalue weighted by Gasteiger charge is -2.09. The lowest BCUT2D eigenvalue weighted by molar-refractivity contribution is -0.384. The highest BCUT2D eigenvalue weighted by Crippen LogP contribution is 2.28. The molecule has 0 bridgehead atoms. The van der Waals surface area contributed by atoms with E-state index in [1.807, 2.05) is 0 Å². The van der Waals surface area contributed by atoms with Gasteiger partial charge in [-0.2, -0.15) is 0 Å². The van der Waals surface area contributed by atoms with Crippen molar-refractivity contribution in [1.82, 2.24) is 5.32 Å². The van der Waals surface area contributed by atoms with Gasteiger partial charge in [0, 0.05) is 6.92 Å². The van der Waals surface area contributed by atoms with Crippen molar-refractivity contribution in [3.63, 3.8) is 0 Å². The van der Waals surface area contributed by atoms with Crippen LogP contribution < -0.4 is 15.4 Å². The largest absolute Gasteiger partial charge is 0.496 e. The van der Waals surface area contributed by atoms with Gasteiger partial charge in [0.2, 0.25) is 5.91 Å². The van der Waals surface area contributed by atoms with Crippen LogP contribution in [0.3, 0.4) is 0 Å². The number of anilines is 1. The zero-order valence-electron chi connectivity index (χ0n) is 9.72. The van der Waals surface area contributed by atoms with Crippen molar-refractivity contribution in [2.75, 3.05) is 12.4 Å². The van der Waals surface area contributed by atoms with E-state index in [9.17, 15) is 14.9 Å². The van der Waals surface area contributed by atoms with Crippen LogP contribution in [0, 0.1) is 10.1 Å². The second-order valence-electron chi connectivity index (χ2n) is 3.28. The highest BCUT2D eigenvalue weighted by atomic mass is 32.1. The summed E-state index contributed by atoms with van der Waals surface area (Å²) < 4.78 is 4.89. The molecule has 0 aromatic heterocycles. The summed E-state index contributed by atoms with van der Waals surface area (Å²) in [6.45, 7) is 1.29. The summed E-state index contributed by atoms with van der Waals surface area (Å²) in [4.78, 5) is 21.1. The Balaban J connectivity index is 2.98. The molecular weight excluding hydrogens is 258 g/mol. The number of hydrogen-bond acceptors (Lipinski definition) is 5. The minimum Gasteiger partial charge on any atom is -0.496 e. The van der Waals surface area contributed by atoms with Crippen molar-refractivity contribution >= 4 is 34.6 Å². The molecule has 0 aliphatic heterocycles. The molecule has 7 nitrogen and oxygen atoms in total. The number of nitrogens with zero attached hydrogens (tertiary/aromatic N) is 1. The molecule has 96 valence electrons. The van der Waals surface area contributed by atoms with E-state index < -0.39 is 4.92 Å². The van der Waals surface area contributed by atoms with Crippen molar-refractivity contribution in [2.24, 2.45) is 0 Å². The number of rotatable bonds is 3. The van der Waals surface area contributed by atoms with E-state index in [-0.39, 0.29) is 22.4 Å². The zero-order chi connectivity index (χ0) is 13.7. The number of thiocarbonyl (C=S) groups is 1. The van der Waals surface area contributed by atoms with Gasteiger partial charge >= 0.3 is 0 Å². The number of carbonyl (C=O) groups is 1. The molecule has 0 radical (unpaired) electrons. The van der Waals surface area contributed by atoms with Crippen LogP contribution in [0.4, 0.5) is 11.4 Å². The van der Waals surface area contributed by atoms with Crippen LogP contribution in [0.25, 0.3) is 0 Å². The third-order valence-corrected chi connectivity index (χ3v) is 2.14. The van der Waals surface area contributed by atoms with Crippen LogP contribution in [0.5, 0.6) is 5.75 Å². The first-order chi connectivity index (χ1) is 8.43.